The predicted molar refractivity (Wildman–Crippen MR) is 45.2 cm³/mol. The summed E-state index contributed by atoms with van der Waals surface area (Å²) < 4.78 is 10.6. The normalized spacial score (nSPS) is 15.9. The van der Waals surface area contributed by atoms with Gasteiger partial charge in [-0.2, -0.15) is 0 Å². The van der Waals surface area contributed by atoms with Crippen molar-refractivity contribution in [3.8, 4) is 0 Å². The van der Waals surface area contributed by atoms with Crippen molar-refractivity contribution in [3.63, 3.8) is 0 Å². The topological polar surface area (TPSA) is 54.4 Å². The Balaban J connectivity index is 3.90. The van der Waals surface area contributed by atoms with Gasteiger partial charge in [0.25, 0.3) is 0 Å². The van der Waals surface area contributed by atoms with Gasteiger partial charge in [-0.1, -0.05) is 19.8 Å². The Hall–Kier alpha value is -0.140. The van der Waals surface area contributed by atoms with Gasteiger partial charge in [-0.25, -0.2) is 0 Å². The lowest BCUT2D eigenvalue weighted by Crippen LogP contribution is -2.12. The van der Waals surface area contributed by atoms with E-state index in [-0.39, 0.29) is 5.78 Å². The van der Waals surface area contributed by atoms with Crippen LogP contribution in [0.4, 0.5) is 0 Å². The zero-order valence-electron chi connectivity index (χ0n) is 6.96. The summed E-state index contributed by atoms with van der Waals surface area (Å²) in [6.45, 7) is 3.37. The number of rotatable bonds is 5. The summed E-state index contributed by atoms with van der Waals surface area (Å²) in [5.74, 6) is -0.162. The standard InChI is InChI=1S/C7H15O3P/c1-3-4-5-7(6(2)8)11(9)10/h7,11H,3-5H2,1-2H3,(H,9,10). The van der Waals surface area contributed by atoms with E-state index in [1.165, 1.54) is 6.92 Å². The molecule has 3 nitrogen and oxygen atoms in total. The van der Waals surface area contributed by atoms with E-state index in [4.69, 9.17) is 4.89 Å². The van der Waals surface area contributed by atoms with Crippen molar-refractivity contribution in [2.45, 2.75) is 38.8 Å². The number of Topliss-reactive ketones (excluding diaryl/α,β-unsaturated/α-hetero) is 1. The maximum Gasteiger partial charge on any atom is 0.199 e. The van der Waals surface area contributed by atoms with E-state index in [1.807, 2.05) is 6.92 Å². The van der Waals surface area contributed by atoms with Crippen LogP contribution in [0, 0.1) is 0 Å². The second-order valence-corrected chi connectivity index (χ2v) is 4.02. The van der Waals surface area contributed by atoms with Gasteiger partial charge in [0.05, 0.1) is 5.66 Å². The molecule has 2 unspecified atom stereocenters. The van der Waals surface area contributed by atoms with Gasteiger partial charge in [-0.15, -0.1) is 0 Å². The lowest BCUT2D eigenvalue weighted by atomic mass is 10.1. The van der Waals surface area contributed by atoms with Gasteiger partial charge >= 0.3 is 0 Å². The number of hydrogen-bond acceptors (Lipinski definition) is 2. The second kappa shape index (κ2) is 5.50. The zero-order valence-corrected chi connectivity index (χ0v) is 7.96. The summed E-state index contributed by atoms with van der Waals surface area (Å²) in [6.07, 6.45) is 2.36. The first-order valence-corrected chi connectivity index (χ1v) is 5.26. The van der Waals surface area contributed by atoms with Crippen molar-refractivity contribution in [3.05, 3.63) is 0 Å². The second-order valence-electron chi connectivity index (χ2n) is 2.64. The Bertz CT molecular complexity index is 142. The molecule has 0 rings (SSSR count). The molecule has 4 heteroatoms. The van der Waals surface area contributed by atoms with Crippen molar-refractivity contribution in [2.24, 2.45) is 0 Å². The van der Waals surface area contributed by atoms with Crippen LogP contribution < -0.4 is 0 Å². The lowest BCUT2D eigenvalue weighted by Gasteiger charge is -2.07. The van der Waals surface area contributed by atoms with Crippen LogP contribution in [0.2, 0.25) is 0 Å². The molecule has 0 aliphatic carbocycles. The first kappa shape index (κ1) is 10.9. The maximum atomic E-state index is 10.8. The fraction of sp³-hybridized carbons (Fsp3) is 0.857. The molecule has 0 radical (unpaired) electrons. The number of carbonyl (C=O) groups is 1. The van der Waals surface area contributed by atoms with Crippen LogP contribution in [0.1, 0.15) is 33.1 Å². The fourth-order valence-electron chi connectivity index (χ4n) is 0.909. The van der Waals surface area contributed by atoms with Gasteiger partial charge in [-0.05, 0) is 13.3 Å². The van der Waals surface area contributed by atoms with Crippen molar-refractivity contribution >= 4 is 13.8 Å². The molecule has 11 heavy (non-hydrogen) atoms. The van der Waals surface area contributed by atoms with E-state index >= 15 is 0 Å². The minimum Gasteiger partial charge on any atom is -0.346 e. The number of hydrogen-bond donors (Lipinski definition) is 1. The molecule has 0 spiro atoms. The van der Waals surface area contributed by atoms with Crippen molar-refractivity contribution < 1.29 is 14.3 Å². The van der Waals surface area contributed by atoms with Crippen LogP contribution in [0.3, 0.4) is 0 Å². The first-order chi connectivity index (χ1) is 5.09. The zero-order chi connectivity index (χ0) is 8.85. The molecule has 0 bridgehead atoms. The summed E-state index contributed by atoms with van der Waals surface area (Å²) in [6, 6.07) is 0. The maximum absolute atomic E-state index is 10.8. The molecule has 0 saturated carbocycles. The molecule has 0 aromatic rings. The van der Waals surface area contributed by atoms with Gasteiger partial charge in [0.1, 0.15) is 5.78 Å². The van der Waals surface area contributed by atoms with Crippen LogP contribution in [0.5, 0.6) is 0 Å². The van der Waals surface area contributed by atoms with E-state index in [2.05, 4.69) is 0 Å². The SMILES string of the molecule is CCCCC(C(C)=O)[PH](=O)O. The van der Waals surface area contributed by atoms with Crippen LogP contribution in [0.15, 0.2) is 0 Å². The lowest BCUT2D eigenvalue weighted by molar-refractivity contribution is -0.116. The minimum atomic E-state index is -2.64. The van der Waals surface area contributed by atoms with Gasteiger partial charge in [0.2, 0.25) is 0 Å². The van der Waals surface area contributed by atoms with Gasteiger partial charge < -0.3 is 4.89 Å². The van der Waals surface area contributed by atoms with Crippen LogP contribution in [-0.4, -0.2) is 16.3 Å². The third-order valence-electron chi connectivity index (χ3n) is 1.64. The summed E-state index contributed by atoms with van der Waals surface area (Å²) in [5, 5.41) is 0. The highest BCUT2D eigenvalue weighted by Crippen LogP contribution is 2.27. The molecule has 0 aromatic heterocycles. The highest BCUT2D eigenvalue weighted by Gasteiger charge is 2.18. The average Bonchev–Trinajstić information content (AvgIpc) is 1.87. The predicted octanol–water partition coefficient (Wildman–Crippen LogP) is 1.60. The molecule has 0 aliphatic rings. The molecule has 0 aromatic carbocycles. The molecule has 0 aliphatic heterocycles. The van der Waals surface area contributed by atoms with E-state index in [1.54, 1.807) is 0 Å². The smallest absolute Gasteiger partial charge is 0.199 e. The largest absolute Gasteiger partial charge is 0.346 e. The Labute approximate surface area is 67.7 Å². The highest BCUT2D eigenvalue weighted by atomic mass is 31.1. The first-order valence-electron chi connectivity index (χ1n) is 3.82. The average molecular weight is 178 g/mol. The molecule has 2 atom stereocenters. The van der Waals surface area contributed by atoms with Gasteiger partial charge in [-0.3, -0.25) is 9.36 Å². The molecular formula is C7H15O3P. The molecular weight excluding hydrogens is 163 g/mol. The Morgan fingerprint density at radius 1 is 1.64 bits per heavy atom. The molecule has 0 heterocycles. The van der Waals surface area contributed by atoms with E-state index < -0.39 is 13.7 Å². The van der Waals surface area contributed by atoms with Crippen molar-refractivity contribution in [1.82, 2.24) is 0 Å². The molecule has 0 amide bonds. The third kappa shape index (κ3) is 4.33. The third-order valence-corrected chi connectivity index (χ3v) is 2.93. The van der Waals surface area contributed by atoms with Crippen LogP contribution >= 0.6 is 8.03 Å². The molecule has 1 N–H and O–H groups in total. The van der Waals surface area contributed by atoms with E-state index in [0.29, 0.717) is 6.42 Å². The highest BCUT2D eigenvalue weighted by molar-refractivity contribution is 7.40. The molecule has 0 fully saturated rings. The number of unbranched alkanes of at least 4 members (excludes halogenated alkanes) is 1. The Kier molecular flexibility index (Phi) is 5.43. The molecule has 66 valence electrons. The number of carbonyl (C=O) groups excluding carboxylic acids is 1. The summed E-state index contributed by atoms with van der Waals surface area (Å²) in [4.78, 5) is 19.5. The summed E-state index contributed by atoms with van der Waals surface area (Å²) in [5.41, 5.74) is -0.597. The fourth-order valence-corrected chi connectivity index (χ4v) is 1.71. The summed E-state index contributed by atoms with van der Waals surface area (Å²) >= 11 is 0. The quantitative estimate of drug-likeness (QED) is 0.650. The van der Waals surface area contributed by atoms with Crippen molar-refractivity contribution in [1.29, 1.82) is 0 Å². The Morgan fingerprint density at radius 3 is 2.45 bits per heavy atom. The van der Waals surface area contributed by atoms with Gasteiger partial charge in [0.15, 0.2) is 8.03 Å². The van der Waals surface area contributed by atoms with Crippen LogP contribution in [-0.2, 0) is 9.36 Å². The minimum absolute atomic E-state index is 0.162. The number of ketones is 1. The van der Waals surface area contributed by atoms with Crippen LogP contribution in [0.25, 0.3) is 0 Å². The monoisotopic (exact) mass is 178 g/mol. The Morgan fingerprint density at radius 2 is 2.18 bits per heavy atom. The van der Waals surface area contributed by atoms with Crippen molar-refractivity contribution in [2.75, 3.05) is 0 Å². The van der Waals surface area contributed by atoms with Gasteiger partial charge in [0, 0.05) is 0 Å². The van der Waals surface area contributed by atoms with E-state index in [9.17, 15) is 9.36 Å². The van der Waals surface area contributed by atoms with E-state index in [0.717, 1.165) is 12.8 Å². The molecule has 0 saturated heterocycles. The summed E-state index contributed by atoms with van der Waals surface area (Å²) in [7, 11) is -2.64.